The second-order valence-corrected chi connectivity index (χ2v) is 5.91. The van der Waals surface area contributed by atoms with Crippen molar-refractivity contribution < 1.29 is 4.39 Å². The highest BCUT2D eigenvalue weighted by atomic mass is 79.9. The summed E-state index contributed by atoms with van der Waals surface area (Å²) in [6.07, 6.45) is 0. The first-order valence-electron chi connectivity index (χ1n) is 7.05. The number of likely N-dealkylation sites (N-methyl/N-ethyl adjacent to an activating group) is 1. The number of benzene rings is 2. The van der Waals surface area contributed by atoms with Crippen LogP contribution in [0.1, 0.15) is 24.1 Å². The van der Waals surface area contributed by atoms with Crippen LogP contribution in [0.25, 0.3) is 0 Å². The van der Waals surface area contributed by atoms with Gasteiger partial charge in [-0.05, 0) is 43.7 Å². The van der Waals surface area contributed by atoms with Crippen molar-refractivity contribution in [3.05, 3.63) is 63.9 Å². The largest absolute Gasteiger partial charge is 0.363 e. The molecule has 21 heavy (non-hydrogen) atoms. The lowest BCUT2D eigenvalue weighted by molar-refractivity contribution is 0.561. The molecule has 2 aromatic rings. The third-order valence-electron chi connectivity index (χ3n) is 3.68. The average Bonchev–Trinajstić information content (AvgIpc) is 2.48. The van der Waals surface area contributed by atoms with Gasteiger partial charge in [-0.3, -0.25) is 0 Å². The summed E-state index contributed by atoms with van der Waals surface area (Å²) in [5, 5.41) is 0. The Bertz CT molecular complexity index is 615. The molecule has 0 aliphatic carbocycles. The van der Waals surface area contributed by atoms with E-state index >= 15 is 0 Å². The van der Waals surface area contributed by atoms with E-state index in [0.717, 1.165) is 22.3 Å². The zero-order chi connectivity index (χ0) is 15.4. The molecule has 0 radical (unpaired) electrons. The van der Waals surface area contributed by atoms with Crippen molar-refractivity contribution in [3.8, 4) is 0 Å². The summed E-state index contributed by atoms with van der Waals surface area (Å²) in [5.74, 6) is -0.222. The van der Waals surface area contributed by atoms with E-state index in [4.69, 9.17) is 5.73 Å². The van der Waals surface area contributed by atoms with Gasteiger partial charge in [-0.15, -0.1) is 0 Å². The fourth-order valence-corrected chi connectivity index (χ4v) is 3.02. The molecule has 0 aromatic heterocycles. The summed E-state index contributed by atoms with van der Waals surface area (Å²) >= 11 is 3.41. The van der Waals surface area contributed by atoms with Crippen molar-refractivity contribution in [3.63, 3.8) is 0 Å². The van der Waals surface area contributed by atoms with E-state index in [1.807, 2.05) is 18.2 Å². The van der Waals surface area contributed by atoms with Crippen LogP contribution in [0.5, 0.6) is 0 Å². The number of para-hydroxylation sites is 1. The number of nitrogens with two attached hydrogens (primary N) is 1. The fraction of sp³-hybridized carbons (Fsp3) is 0.294. The molecular weight excluding hydrogens is 331 g/mol. The van der Waals surface area contributed by atoms with Crippen LogP contribution >= 0.6 is 15.9 Å². The normalized spacial score (nSPS) is 12.2. The van der Waals surface area contributed by atoms with Crippen LogP contribution < -0.4 is 10.6 Å². The first-order chi connectivity index (χ1) is 10.1. The molecule has 2 nitrogen and oxygen atoms in total. The van der Waals surface area contributed by atoms with E-state index in [-0.39, 0.29) is 11.9 Å². The highest BCUT2D eigenvalue weighted by Gasteiger charge is 2.22. The number of nitrogens with zero attached hydrogens (tertiary/aromatic N) is 1. The Balaban J connectivity index is 2.48. The molecule has 0 saturated carbocycles. The SMILES string of the molecule is CCN(c1ccccc1C)C(CN)c1cc(Br)ccc1F. The number of aryl methyl sites for hydroxylation is 1. The van der Waals surface area contributed by atoms with E-state index in [1.165, 1.54) is 6.07 Å². The molecule has 2 N–H and O–H groups in total. The molecule has 1 unspecified atom stereocenters. The third-order valence-corrected chi connectivity index (χ3v) is 4.18. The number of halogens is 2. The van der Waals surface area contributed by atoms with E-state index in [2.05, 4.69) is 46.8 Å². The molecule has 112 valence electrons. The van der Waals surface area contributed by atoms with Crippen LogP contribution in [-0.2, 0) is 0 Å². The van der Waals surface area contributed by atoms with Gasteiger partial charge in [0.05, 0.1) is 6.04 Å². The highest BCUT2D eigenvalue weighted by molar-refractivity contribution is 9.10. The number of rotatable bonds is 5. The molecule has 0 heterocycles. The van der Waals surface area contributed by atoms with Gasteiger partial charge in [-0.2, -0.15) is 0 Å². The van der Waals surface area contributed by atoms with Gasteiger partial charge >= 0.3 is 0 Å². The molecule has 0 aliphatic heterocycles. The van der Waals surface area contributed by atoms with Gasteiger partial charge in [-0.1, -0.05) is 34.1 Å². The summed E-state index contributed by atoms with van der Waals surface area (Å²) in [4.78, 5) is 2.15. The van der Waals surface area contributed by atoms with E-state index in [1.54, 1.807) is 6.07 Å². The van der Waals surface area contributed by atoms with Crippen LogP contribution in [0.15, 0.2) is 46.9 Å². The van der Waals surface area contributed by atoms with Gasteiger partial charge in [0, 0.05) is 28.8 Å². The maximum Gasteiger partial charge on any atom is 0.128 e. The highest BCUT2D eigenvalue weighted by Crippen LogP contribution is 2.31. The van der Waals surface area contributed by atoms with Crippen molar-refractivity contribution in [1.29, 1.82) is 0 Å². The van der Waals surface area contributed by atoms with Gasteiger partial charge in [0.1, 0.15) is 5.82 Å². The van der Waals surface area contributed by atoms with Gasteiger partial charge in [0.25, 0.3) is 0 Å². The van der Waals surface area contributed by atoms with Gasteiger partial charge in [0.15, 0.2) is 0 Å². The monoisotopic (exact) mass is 350 g/mol. The lowest BCUT2D eigenvalue weighted by Gasteiger charge is -2.33. The van der Waals surface area contributed by atoms with Crippen molar-refractivity contribution in [2.45, 2.75) is 19.9 Å². The lowest BCUT2D eigenvalue weighted by Crippen LogP contribution is -2.34. The first kappa shape index (κ1) is 16.0. The van der Waals surface area contributed by atoms with Crippen LogP contribution in [-0.4, -0.2) is 13.1 Å². The smallest absolute Gasteiger partial charge is 0.128 e. The molecular formula is C17H20BrFN2. The summed E-state index contributed by atoms with van der Waals surface area (Å²) in [5.41, 5.74) is 8.84. The van der Waals surface area contributed by atoms with Gasteiger partial charge in [0.2, 0.25) is 0 Å². The minimum Gasteiger partial charge on any atom is -0.363 e. The standard InChI is InChI=1S/C17H20BrFN2/c1-3-21(16-7-5-4-6-12(16)2)17(11-20)14-10-13(18)8-9-15(14)19/h4-10,17H,3,11,20H2,1-2H3. The molecule has 4 heteroatoms. The molecule has 0 amide bonds. The Labute approximate surface area is 133 Å². The van der Waals surface area contributed by atoms with Crippen LogP contribution in [0.4, 0.5) is 10.1 Å². The molecule has 0 spiro atoms. The Morgan fingerprint density at radius 1 is 1.24 bits per heavy atom. The van der Waals surface area contributed by atoms with Gasteiger partial charge in [-0.25, -0.2) is 4.39 Å². The molecule has 2 aromatic carbocycles. The van der Waals surface area contributed by atoms with E-state index < -0.39 is 0 Å². The first-order valence-corrected chi connectivity index (χ1v) is 7.85. The second kappa shape index (κ2) is 7.05. The van der Waals surface area contributed by atoms with Crippen molar-refractivity contribution >= 4 is 21.6 Å². The second-order valence-electron chi connectivity index (χ2n) is 4.99. The maximum absolute atomic E-state index is 14.2. The fourth-order valence-electron chi connectivity index (χ4n) is 2.64. The number of hydrogen-bond donors (Lipinski definition) is 1. The summed E-state index contributed by atoms with van der Waals surface area (Å²) in [6.45, 7) is 5.24. The third kappa shape index (κ3) is 3.44. The Morgan fingerprint density at radius 2 is 1.95 bits per heavy atom. The minimum absolute atomic E-state index is 0.186. The predicted molar refractivity (Wildman–Crippen MR) is 90.1 cm³/mol. The lowest BCUT2D eigenvalue weighted by atomic mass is 10.0. The van der Waals surface area contributed by atoms with Crippen LogP contribution in [0.2, 0.25) is 0 Å². The van der Waals surface area contributed by atoms with Crippen LogP contribution in [0, 0.1) is 12.7 Å². The van der Waals surface area contributed by atoms with E-state index in [0.29, 0.717) is 12.1 Å². The topological polar surface area (TPSA) is 29.3 Å². The Morgan fingerprint density at radius 3 is 2.57 bits per heavy atom. The number of hydrogen-bond acceptors (Lipinski definition) is 2. The van der Waals surface area contributed by atoms with Crippen molar-refractivity contribution in [2.75, 3.05) is 18.0 Å². The molecule has 1 atom stereocenters. The van der Waals surface area contributed by atoms with E-state index in [9.17, 15) is 4.39 Å². The summed E-state index contributed by atoms with van der Waals surface area (Å²) in [7, 11) is 0. The zero-order valence-electron chi connectivity index (χ0n) is 12.3. The quantitative estimate of drug-likeness (QED) is 0.864. The summed E-state index contributed by atoms with van der Waals surface area (Å²) < 4.78 is 15.1. The Kier molecular flexibility index (Phi) is 5.37. The minimum atomic E-state index is -0.222. The zero-order valence-corrected chi connectivity index (χ0v) is 13.9. The van der Waals surface area contributed by atoms with Crippen molar-refractivity contribution in [1.82, 2.24) is 0 Å². The molecule has 0 saturated heterocycles. The van der Waals surface area contributed by atoms with Gasteiger partial charge < -0.3 is 10.6 Å². The predicted octanol–water partition coefficient (Wildman–Crippen LogP) is 4.42. The molecule has 0 bridgehead atoms. The molecule has 0 aliphatic rings. The Hall–Kier alpha value is -1.39. The van der Waals surface area contributed by atoms with Crippen LogP contribution in [0.3, 0.4) is 0 Å². The maximum atomic E-state index is 14.2. The molecule has 2 rings (SSSR count). The average molecular weight is 351 g/mol. The number of anilines is 1. The van der Waals surface area contributed by atoms with Crippen molar-refractivity contribution in [2.24, 2.45) is 5.73 Å². The summed E-state index contributed by atoms with van der Waals surface area (Å²) in [6, 6.07) is 12.9. The molecule has 0 fully saturated rings.